The number of hydrazone groups is 1. The molecule has 0 aliphatic carbocycles. The van der Waals surface area contributed by atoms with Gasteiger partial charge in [0, 0.05) is 26.0 Å². The highest BCUT2D eigenvalue weighted by Gasteiger charge is 2.31. The van der Waals surface area contributed by atoms with E-state index in [-0.39, 0.29) is 29.5 Å². The fraction of sp³-hybridized carbons (Fsp3) is 0.353. The number of ether oxygens (including phenoxy) is 2. The zero-order valence-corrected chi connectivity index (χ0v) is 17.8. The Labute approximate surface area is 181 Å². The van der Waals surface area contributed by atoms with Crippen LogP contribution in [0, 0.1) is 0 Å². The van der Waals surface area contributed by atoms with Gasteiger partial charge in [0.05, 0.1) is 19.2 Å². The molecule has 0 radical (unpaired) electrons. The maximum Gasteiger partial charge on any atom is 0.573 e. The summed E-state index contributed by atoms with van der Waals surface area (Å²) in [7, 11) is 2.99. The van der Waals surface area contributed by atoms with E-state index in [4.69, 9.17) is 10.6 Å². The molecule has 0 unspecified atom stereocenters. The van der Waals surface area contributed by atoms with Crippen LogP contribution in [0.15, 0.2) is 41.3 Å². The van der Waals surface area contributed by atoms with Crippen molar-refractivity contribution in [1.29, 1.82) is 0 Å². The number of hydrogen-bond donors (Lipinski definition) is 4. The lowest BCUT2D eigenvalue weighted by atomic mass is 10.1. The molecule has 1 aromatic carbocycles. The molecular weight excluding hydrogens is 441 g/mol. The number of esters is 1. The maximum atomic E-state index is 12.3. The number of amidine groups is 1. The van der Waals surface area contributed by atoms with E-state index >= 15 is 0 Å². The van der Waals surface area contributed by atoms with Gasteiger partial charge in [-0.2, -0.15) is 5.10 Å². The molecule has 0 fully saturated rings. The number of nitrogens with zero attached hydrogens (tertiary/aromatic N) is 2. The first-order valence-corrected chi connectivity index (χ1v) is 9.52. The van der Waals surface area contributed by atoms with E-state index in [1.165, 1.54) is 32.4 Å². The molecule has 0 bridgehead atoms. The van der Waals surface area contributed by atoms with Gasteiger partial charge in [-0.25, -0.2) is 10.6 Å². The van der Waals surface area contributed by atoms with Crippen LogP contribution in [0.5, 0.6) is 5.75 Å². The summed E-state index contributed by atoms with van der Waals surface area (Å²) in [6.45, 7) is 1.82. The standard InChI is InChI=1S/C17H23F3N6O4S/c1-4-29-15(28)13(22-2)10-26(21)31-16(25-23-3)24-14(27)9-11-6-5-7-12(8-11)30-17(18,19)20/h5-8,10,22-23H,4,9,21H2,1-3H3,(H,24,25,27). The van der Waals surface area contributed by atoms with Gasteiger partial charge in [-0.1, -0.05) is 12.1 Å². The number of likely N-dealkylation sites (N-methyl/N-ethyl adjacent to an activating group) is 1. The summed E-state index contributed by atoms with van der Waals surface area (Å²) in [5, 5.41) is 8.99. The third-order valence-corrected chi connectivity index (χ3v) is 3.85. The van der Waals surface area contributed by atoms with Gasteiger partial charge in [-0.05, 0) is 24.6 Å². The van der Waals surface area contributed by atoms with Crippen molar-refractivity contribution in [2.75, 3.05) is 20.7 Å². The van der Waals surface area contributed by atoms with E-state index in [1.807, 2.05) is 0 Å². The number of benzene rings is 1. The van der Waals surface area contributed by atoms with Gasteiger partial charge in [-0.15, -0.1) is 13.2 Å². The Morgan fingerprint density at radius 1 is 1.32 bits per heavy atom. The third kappa shape index (κ3) is 10.5. The highest BCUT2D eigenvalue weighted by molar-refractivity contribution is 8.11. The maximum absolute atomic E-state index is 12.3. The normalized spacial score (nSPS) is 12.1. The number of nitrogens with one attached hydrogen (secondary N) is 3. The fourth-order valence-corrected chi connectivity index (χ4v) is 2.71. The average Bonchev–Trinajstić information content (AvgIpc) is 2.65. The van der Waals surface area contributed by atoms with Crippen LogP contribution in [-0.4, -0.2) is 48.5 Å². The van der Waals surface area contributed by atoms with E-state index in [0.29, 0.717) is 0 Å². The molecule has 172 valence electrons. The molecule has 0 saturated heterocycles. The number of carbonyl (C=O) groups is 2. The van der Waals surface area contributed by atoms with E-state index < -0.39 is 24.0 Å². The van der Waals surface area contributed by atoms with Gasteiger partial charge in [0.15, 0.2) is 0 Å². The number of halogens is 3. The molecule has 0 aliphatic heterocycles. The highest BCUT2D eigenvalue weighted by Crippen LogP contribution is 2.23. The molecule has 0 atom stereocenters. The third-order valence-electron chi connectivity index (χ3n) is 3.17. The van der Waals surface area contributed by atoms with Crippen LogP contribution >= 0.6 is 11.9 Å². The van der Waals surface area contributed by atoms with Gasteiger partial charge < -0.3 is 25.5 Å². The summed E-state index contributed by atoms with van der Waals surface area (Å²) >= 11 is 0.767. The van der Waals surface area contributed by atoms with Crippen molar-refractivity contribution < 1.29 is 32.2 Å². The molecule has 1 amide bonds. The lowest BCUT2D eigenvalue weighted by Gasteiger charge is -2.16. The van der Waals surface area contributed by atoms with Gasteiger partial charge in [0.25, 0.3) is 0 Å². The van der Waals surface area contributed by atoms with Crippen molar-refractivity contribution in [1.82, 2.24) is 20.5 Å². The molecule has 31 heavy (non-hydrogen) atoms. The summed E-state index contributed by atoms with van der Waals surface area (Å²) in [6.07, 6.45) is -3.85. The molecule has 0 heterocycles. The van der Waals surface area contributed by atoms with Gasteiger partial charge in [0.2, 0.25) is 11.1 Å². The topological polar surface area (TPSA) is 130 Å². The van der Waals surface area contributed by atoms with Crippen LogP contribution < -0.4 is 26.6 Å². The van der Waals surface area contributed by atoms with E-state index in [0.717, 1.165) is 28.5 Å². The monoisotopic (exact) mass is 464 g/mol. The number of amides is 1. The molecule has 0 spiro atoms. The van der Waals surface area contributed by atoms with Crippen molar-refractivity contribution in [2.24, 2.45) is 10.9 Å². The highest BCUT2D eigenvalue weighted by atomic mass is 32.2. The first-order chi connectivity index (χ1) is 14.6. The number of alkyl halides is 3. The second-order valence-corrected chi connectivity index (χ2v) is 6.52. The van der Waals surface area contributed by atoms with Crippen molar-refractivity contribution in [3.63, 3.8) is 0 Å². The second-order valence-electron chi connectivity index (χ2n) is 5.53. The van der Waals surface area contributed by atoms with Crippen LogP contribution in [0.1, 0.15) is 12.5 Å². The minimum Gasteiger partial charge on any atom is -0.461 e. The molecule has 5 N–H and O–H groups in total. The smallest absolute Gasteiger partial charge is 0.461 e. The van der Waals surface area contributed by atoms with Crippen molar-refractivity contribution >= 4 is 29.0 Å². The summed E-state index contributed by atoms with van der Waals surface area (Å²) < 4.78 is 46.7. The van der Waals surface area contributed by atoms with E-state index in [2.05, 4.69) is 25.9 Å². The van der Waals surface area contributed by atoms with Crippen molar-refractivity contribution in [3.8, 4) is 5.75 Å². The van der Waals surface area contributed by atoms with Gasteiger partial charge >= 0.3 is 12.3 Å². The quantitative estimate of drug-likeness (QED) is 0.0809. The first-order valence-electron chi connectivity index (χ1n) is 8.75. The molecule has 10 nitrogen and oxygen atoms in total. The average molecular weight is 464 g/mol. The van der Waals surface area contributed by atoms with Crippen molar-refractivity contribution in [3.05, 3.63) is 41.7 Å². The number of carbonyl (C=O) groups excluding carboxylic acids is 2. The number of hydrogen-bond acceptors (Lipinski definition) is 10. The van der Waals surface area contributed by atoms with Gasteiger partial charge in [0.1, 0.15) is 11.4 Å². The molecule has 0 saturated carbocycles. The fourth-order valence-electron chi connectivity index (χ4n) is 2.06. The molecule has 14 heteroatoms. The van der Waals surface area contributed by atoms with Crippen molar-refractivity contribution in [2.45, 2.75) is 19.7 Å². The largest absolute Gasteiger partial charge is 0.573 e. The molecular formula is C17H23F3N6O4S. The summed E-state index contributed by atoms with van der Waals surface area (Å²) in [4.78, 5) is 24.1. The minimum absolute atomic E-state index is 0.0215. The summed E-state index contributed by atoms with van der Waals surface area (Å²) in [5.74, 6) is 4.18. The Balaban J connectivity index is 2.79. The van der Waals surface area contributed by atoms with Crippen LogP contribution in [0.3, 0.4) is 0 Å². The Bertz CT molecular complexity index is 819. The predicted octanol–water partition coefficient (Wildman–Crippen LogP) is 1.18. The SMILES string of the molecule is CCOC(=O)C(=CN(N)SC(=NNC)NC(=O)Cc1cccc(OC(F)(F)F)c1)NC. The minimum atomic E-state index is -4.84. The summed E-state index contributed by atoms with van der Waals surface area (Å²) in [6, 6.07) is 5.04. The Kier molecular flexibility index (Phi) is 10.5. The second kappa shape index (κ2) is 12.5. The Hall–Kier alpha value is -3.13. The summed E-state index contributed by atoms with van der Waals surface area (Å²) in [5.41, 5.74) is 2.84. The number of nitrogens with two attached hydrogens (primary N) is 1. The lowest BCUT2D eigenvalue weighted by molar-refractivity contribution is -0.274. The number of hydrazine groups is 1. The van der Waals surface area contributed by atoms with Crippen LogP contribution in [0.2, 0.25) is 0 Å². The zero-order chi connectivity index (χ0) is 23.4. The van der Waals surface area contributed by atoms with E-state index in [1.54, 1.807) is 6.92 Å². The molecule has 0 aromatic heterocycles. The zero-order valence-electron chi connectivity index (χ0n) is 16.9. The molecule has 0 aliphatic rings. The Morgan fingerprint density at radius 2 is 2.03 bits per heavy atom. The van der Waals surface area contributed by atoms with Crippen LogP contribution in [0.25, 0.3) is 0 Å². The number of rotatable bonds is 9. The Morgan fingerprint density at radius 3 is 2.61 bits per heavy atom. The van der Waals surface area contributed by atoms with Crippen LogP contribution in [0.4, 0.5) is 13.2 Å². The molecule has 1 aromatic rings. The predicted molar refractivity (Wildman–Crippen MR) is 109 cm³/mol. The molecule has 1 rings (SSSR count). The van der Waals surface area contributed by atoms with Crippen LogP contribution in [-0.2, 0) is 20.7 Å². The first kappa shape index (κ1) is 25.9. The lowest BCUT2D eigenvalue weighted by Crippen LogP contribution is -2.35. The van der Waals surface area contributed by atoms with E-state index in [9.17, 15) is 22.8 Å². The van der Waals surface area contributed by atoms with Gasteiger partial charge in [-0.3, -0.25) is 9.21 Å².